The van der Waals surface area contributed by atoms with Gasteiger partial charge in [-0.1, -0.05) is 35.9 Å². The molecule has 1 N–H and O–H groups in total. The minimum atomic E-state index is -0.266. The number of rotatable bonds is 8. The molecule has 0 aromatic heterocycles. The highest BCUT2D eigenvalue weighted by atomic mass is 35.5. The van der Waals surface area contributed by atoms with Gasteiger partial charge in [-0.15, -0.1) is 0 Å². The van der Waals surface area contributed by atoms with Gasteiger partial charge >= 0.3 is 0 Å². The van der Waals surface area contributed by atoms with Gasteiger partial charge in [0.05, 0.1) is 0 Å². The Morgan fingerprint density at radius 1 is 1.21 bits per heavy atom. The monoisotopic (exact) mass is 417 g/mol. The van der Waals surface area contributed by atoms with Crippen LogP contribution in [-0.2, 0) is 11.3 Å². The molecular weight excluding hydrogens is 389 g/mol. The predicted molar refractivity (Wildman–Crippen MR) is 117 cm³/mol. The summed E-state index contributed by atoms with van der Waals surface area (Å²) < 4.78 is 14.0. The van der Waals surface area contributed by atoms with Crippen molar-refractivity contribution in [3.8, 4) is 0 Å². The number of halogens is 2. The summed E-state index contributed by atoms with van der Waals surface area (Å²) in [5.41, 5.74) is 1.84. The first-order chi connectivity index (χ1) is 14.0. The first-order valence-electron chi connectivity index (χ1n) is 10.2. The van der Waals surface area contributed by atoms with Crippen LogP contribution in [0.4, 0.5) is 10.1 Å². The third-order valence-electron chi connectivity index (χ3n) is 5.53. The second kappa shape index (κ2) is 10.6. The van der Waals surface area contributed by atoms with Gasteiger partial charge in [0.2, 0.25) is 5.91 Å². The van der Waals surface area contributed by atoms with Crippen LogP contribution in [0.1, 0.15) is 24.8 Å². The quantitative estimate of drug-likeness (QED) is 0.649. The molecule has 6 heteroatoms. The lowest BCUT2D eigenvalue weighted by atomic mass is 9.95. The Balaban J connectivity index is 1.34. The predicted octanol–water partition coefficient (Wildman–Crippen LogP) is 4.33. The first kappa shape index (κ1) is 21.6. The minimum absolute atomic E-state index is 0.0492. The van der Waals surface area contributed by atoms with Crippen molar-refractivity contribution >= 4 is 23.2 Å². The number of para-hydroxylation sites is 1. The third-order valence-corrected chi connectivity index (χ3v) is 5.77. The fourth-order valence-electron chi connectivity index (χ4n) is 3.73. The summed E-state index contributed by atoms with van der Waals surface area (Å²) in [6, 6.07) is 15.0. The van der Waals surface area contributed by atoms with E-state index in [4.69, 9.17) is 11.6 Å². The molecule has 4 nitrogen and oxygen atoms in total. The van der Waals surface area contributed by atoms with Gasteiger partial charge in [0.1, 0.15) is 5.82 Å². The number of hydrogen-bond acceptors (Lipinski definition) is 3. The SMILES string of the molecule is CN(CCCNC(=O)C1CCN(Cc2ccc(Cl)cc2F)CC1)c1ccccc1. The van der Waals surface area contributed by atoms with E-state index in [-0.39, 0.29) is 17.6 Å². The van der Waals surface area contributed by atoms with Crippen LogP contribution in [0.15, 0.2) is 48.5 Å². The summed E-state index contributed by atoms with van der Waals surface area (Å²) >= 11 is 5.81. The number of nitrogens with zero attached hydrogens (tertiary/aromatic N) is 2. The van der Waals surface area contributed by atoms with Crippen molar-refractivity contribution in [2.24, 2.45) is 5.92 Å². The summed E-state index contributed by atoms with van der Waals surface area (Å²) in [5.74, 6) is -0.0734. The largest absolute Gasteiger partial charge is 0.375 e. The zero-order valence-electron chi connectivity index (χ0n) is 16.9. The second-order valence-electron chi connectivity index (χ2n) is 7.69. The number of carbonyl (C=O) groups excluding carboxylic acids is 1. The fourth-order valence-corrected chi connectivity index (χ4v) is 3.89. The zero-order valence-corrected chi connectivity index (χ0v) is 17.7. The van der Waals surface area contributed by atoms with Crippen LogP contribution in [-0.4, -0.2) is 44.0 Å². The summed E-state index contributed by atoms with van der Waals surface area (Å²) in [6.45, 7) is 3.75. The lowest BCUT2D eigenvalue weighted by molar-refractivity contribution is -0.126. The highest BCUT2D eigenvalue weighted by Gasteiger charge is 2.25. The second-order valence-corrected chi connectivity index (χ2v) is 8.12. The average molecular weight is 418 g/mol. The molecule has 3 rings (SSSR count). The van der Waals surface area contributed by atoms with Crippen molar-refractivity contribution in [3.05, 3.63) is 64.9 Å². The van der Waals surface area contributed by atoms with E-state index in [9.17, 15) is 9.18 Å². The molecule has 1 aliphatic heterocycles. The van der Waals surface area contributed by atoms with Crippen molar-refractivity contribution in [1.82, 2.24) is 10.2 Å². The van der Waals surface area contributed by atoms with Crippen molar-refractivity contribution < 1.29 is 9.18 Å². The third kappa shape index (κ3) is 6.44. The Morgan fingerprint density at radius 2 is 1.93 bits per heavy atom. The molecule has 1 amide bonds. The molecule has 0 atom stereocenters. The Bertz CT molecular complexity index is 794. The van der Waals surface area contributed by atoms with E-state index in [1.165, 1.54) is 11.8 Å². The van der Waals surface area contributed by atoms with Crippen molar-refractivity contribution in [2.75, 3.05) is 38.1 Å². The molecule has 1 saturated heterocycles. The van der Waals surface area contributed by atoms with Gasteiger partial charge in [0, 0.05) is 48.9 Å². The Labute approximate surface area is 177 Å². The van der Waals surface area contributed by atoms with E-state index in [0.717, 1.165) is 38.9 Å². The number of hydrogen-bond donors (Lipinski definition) is 1. The van der Waals surface area contributed by atoms with E-state index in [2.05, 4.69) is 34.3 Å². The maximum absolute atomic E-state index is 14.0. The van der Waals surface area contributed by atoms with Crippen LogP contribution >= 0.6 is 11.6 Å². The summed E-state index contributed by atoms with van der Waals surface area (Å²) in [5, 5.41) is 3.49. The van der Waals surface area contributed by atoms with Crippen LogP contribution in [0.3, 0.4) is 0 Å². The van der Waals surface area contributed by atoms with Crippen LogP contribution in [0.2, 0.25) is 5.02 Å². The van der Waals surface area contributed by atoms with E-state index >= 15 is 0 Å². The molecule has 29 heavy (non-hydrogen) atoms. The molecule has 0 saturated carbocycles. The molecule has 1 fully saturated rings. The van der Waals surface area contributed by atoms with E-state index in [1.54, 1.807) is 12.1 Å². The molecule has 2 aromatic carbocycles. The van der Waals surface area contributed by atoms with Crippen molar-refractivity contribution in [1.29, 1.82) is 0 Å². The van der Waals surface area contributed by atoms with Crippen molar-refractivity contribution in [2.45, 2.75) is 25.8 Å². The maximum atomic E-state index is 14.0. The molecule has 156 valence electrons. The molecule has 0 bridgehead atoms. The molecule has 0 unspecified atom stereocenters. The van der Waals surface area contributed by atoms with Crippen LogP contribution in [0.5, 0.6) is 0 Å². The number of nitrogens with one attached hydrogen (secondary N) is 1. The molecule has 0 spiro atoms. The molecular formula is C23H29ClFN3O. The van der Waals surface area contributed by atoms with E-state index in [1.807, 2.05) is 18.2 Å². The number of carbonyl (C=O) groups is 1. The first-order valence-corrected chi connectivity index (χ1v) is 10.6. The Kier molecular flexibility index (Phi) is 7.90. The van der Waals surface area contributed by atoms with Gasteiger partial charge in [-0.2, -0.15) is 0 Å². The number of piperidine rings is 1. The van der Waals surface area contributed by atoms with Gasteiger partial charge < -0.3 is 10.2 Å². The normalized spacial score (nSPS) is 15.3. The fraction of sp³-hybridized carbons (Fsp3) is 0.435. The molecule has 0 radical (unpaired) electrons. The number of benzene rings is 2. The zero-order chi connectivity index (χ0) is 20.6. The lowest BCUT2D eigenvalue weighted by Crippen LogP contribution is -2.40. The lowest BCUT2D eigenvalue weighted by Gasteiger charge is -2.31. The number of likely N-dealkylation sites (tertiary alicyclic amines) is 1. The highest BCUT2D eigenvalue weighted by Crippen LogP contribution is 2.21. The topological polar surface area (TPSA) is 35.6 Å². The number of anilines is 1. The van der Waals surface area contributed by atoms with E-state index < -0.39 is 0 Å². The average Bonchev–Trinajstić information content (AvgIpc) is 2.74. The van der Waals surface area contributed by atoms with Crippen LogP contribution in [0, 0.1) is 11.7 Å². The molecule has 1 aliphatic rings. The smallest absolute Gasteiger partial charge is 0.223 e. The van der Waals surface area contributed by atoms with E-state index in [0.29, 0.717) is 23.7 Å². The van der Waals surface area contributed by atoms with Gasteiger partial charge in [0.25, 0.3) is 0 Å². The standard InChI is InChI=1S/C23H29ClFN3O/c1-27(21-6-3-2-4-7-21)13-5-12-26-23(29)18-10-14-28(15-11-18)17-19-8-9-20(24)16-22(19)25/h2-4,6-9,16,18H,5,10-15,17H2,1H3,(H,26,29). The highest BCUT2D eigenvalue weighted by molar-refractivity contribution is 6.30. The minimum Gasteiger partial charge on any atom is -0.375 e. The van der Waals surface area contributed by atoms with Gasteiger partial charge in [0.15, 0.2) is 0 Å². The van der Waals surface area contributed by atoms with Gasteiger partial charge in [-0.3, -0.25) is 9.69 Å². The molecule has 0 aliphatic carbocycles. The summed E-state index contributed by atoms with van der Waals surface area (Å²) in [7, 11) is 2.07. The van der Waals surface area contributed by atoms with Crippen LogP contribution < -0.4 is 10.2 Å². The van der Waals surface area contributed by atoms with Crippen LogP contribution in [0.25, 0.3) is 0 Å². The summed E-state index contributed by atoms with van der Waals surface area (Å²) in [6.07, 6.45) is 2.53. The molecule has 1 heterocycles. The Hall–Kier alpha value is -2.11. The van der Waals surface area contributed by atoms with Gasteiger partial charge in [-0.05, 0) is 56.6 Å². The van der Waals surface area contributed by atoms with Gasteiger partial charge in [-0.25, -0.2) is 4.39 Å². The molecule has 2 aromatic rings. The Morgan fingerprint density at radius 3 is 2.62 bits per heavy atom. The maximum Gasteiger partial charge on any atom is 0.223 e. The summed E-state index contributed by atoms with van der Waals surface area (Å²) in [4.78, 5) is 16.8. The van der Waals surface area contributed by atoms with Crippen molar-refractivity contribution in [3.63, 3.8) is 0 Å². The number of amides is 1.